The van der Waals surface area contributed by atoms with Gasteiger partial charge in [-0.2, -0.15) is 0 Å². The Kier molecular flexibility index (Phi) is 5.96. The van der Waals surface area contributed by atoms with Crippen LogP contribution >= 0.6 is 0 Å². The van der Waals surface area contributed by atoms with Crippen molar-refractivity contribution in [1.82, 2.24) is 9.88 Å². The van der Waals surface area contributed by atoms with Crippen LogP contribution in [0.25, 0.3) is 11.1 Å². The van der Waals surface area contributed by atoms with Gasteiger partial charge in [-0.3, -0.25) is 14.7 Å². The van der Waals surface area contributed by atoms with Crippen molar-refractivity contribution in [3.63, 3.8) is 0 Å². The van der Waals surface area contributed by atoms with Gasteiger partial charge in [-0.15, -0.1) is 0 Å². The summed E-state index contributed by atoms with van der Waals surface area (Å²) in [5, 5.41) is 3.06. The van der Waals surface area contributed by atoms with Crippen LogP contribution in [0.15, 0.2) is 72.9 Å². The summed E-state index contributed by atoms with van der Waals surface area (Å²) in [5.74, 6) is -0.250. The van der Waals surface area contributed by atoms with E-state index in [9.17, 15) is 9.18 Å². The van der Waals surface area contributed by atoms with Crippen molar-refractivity contribution in [3.8, 4) is 11.1 Å². The van der Waals surface area contributed by atoms with E-state index in [1.807, 2.05) is 42.5 Å². The number of likely N-dealkylation sites (tertiary alicyclic amines) is 1. The fraction of sp³-hybridized carbons (Fsp3) is 0.250. The highest BCUT2D eigenvalue weighted by atomic mass is 19.1. The predicted octanol–water partition coefficient (Wildman–Crippen LogP) is 4.74. The second-order valence-electron chi connectivity index (χ2n) is 7.47. The van der Waals surface area contributed by atoms with Gasteiger partial charge in [0.05, 0.1) is 11.6 Å². The van der Waals surface area contributed by atoms with Crippen LogP contribution in [0.3, 0.4) is 0 Å². The molecular formula is C24H24FN3O. The maximum absolute atomic E-state index is 13.2. The summed E-state index contributed by atoms with van der Waals surface area (Å²) in [7, 11) is 0. The molecule has 4 nitrogen and oxygen atoms in total. The average Bonchev–Trinajstić information content (AvgIpc) is 2.75. The van der Waals surface area contributed by atoms with Gasteiger partial charge < -0.3 is 5.32 Å². The number of halogens is 1. The Bertz CT molecular complexity index is 959. The van der Waals surface area contributed by atoms with Crippen LogP contribution in [0.5, 0.6) is 0 Å². The van der Waals surface area contributed by atoms with Crippen LogP contribution in [-0.4, -0.2) is 28.9 Å². The lowest BCUT2D eigenvalue weighted by molar-refractivity contribution is -0.121. The standard InChI is InChI=1S/C24H24FN3O/c25-21-11-9-18(10-12-21)19-5-3-8-22(15-19)27-24(29)20-6-4-14-28(16-20)17-23-7-1-2-13-26-23/h1-3,5,7-13,15,20H,4,6,14,16-17H2,(H,27,29)/t20-/m0/s1. The van der Waals surface area contributed by atoms with Crippen LogP contribution in [0.2, 0.25) is 0 Å². The molecule has 0 aliphatic carbocycles. The van der Waals surface area contributed by atoms with Gasteiger partial charge in [-0.1, -0.05) is 30.3 Å². The second-order valence-corrected chi connectivity index (χ2v) is 7.47. The largest absolute Gasteiger partial charge is 0.326 e. The molecule has 1 N–H and O–H groups in total. The molecule has 0 radical (unpaired) electrons. The zero-order valence-electron chi connectivity index (χ0n) is 16.2. The minimum absolute atomic E-state index is 0.0399. The molecule has 1 aliphatic heterocycles. The fourth-order valence-electron chi connectivity index (χ4n) is 3.80. The molecule has 2 aromatic carbocycles. The van der Waals surface area contributed by atoms with E-state index in [0.29, 0.717) is 0 Å². The minimum atomic E-state index is -0.259. The molecule has 0 bridgehead atoms. The summed E-state index contributed by atoms with van der Waals surface area (Å²) in [6.07, 6.45) is 3.69. The fourth-order valence-corrected chi connectivity index (χ4v) is 3.80. The Labute approximate surface area is 170 Å². The molecule has 0 saturated carbocycles. The quantitative estimate of drug-likeness (QED) is 0.686. The third-order valence-corrected chi connectivity index (χ3v) is 5.30. The molecule has 1 saturated heterocycles. The summed E-state index contributed by atoms with van der Waals surface area (Å²) >= 11 is 0. The predicted molar refractivity (Wildman–Crippen MR) is 113 cm³/mol. The number of piperidine rings is 1. The summed E-state index contributed by atoms with van der Waals surface area (Å²) in [5.41, 5.74) is 3.66. The average molecular weight is 389 g/mol. The van der Waals surface area contributed by atoms with E-state index in [1.165, 1.54) is 12.1 Å². The number of carbonyl (C=O) groups is 1. The Hall–Kier alpha value is -3.05. The minimum Gasteiger partial charge on any atom is -0.326 e. The number of rotatable bonds is 5. The molecule has 5 heteroatoms. The zero-order valence-corrected chi connectivity index (χ0v) is 16.2. The van der Waals surface area contributed by atoms with E-state index in [1.54, 1.807) is 18.3 Å². The number of carbonyl (C=O) groups excluding carboxylic acids is 1. The van der Waals surface area contributed by atoms with Gasteiger partial charge in [0.25, 0.3) is 0 Å². The molecule has 1 aliphatic rings. The van der Waals surface area contributed by atoms with Crippen LogP contribution in [-0.2, 0) is 11.3 Å². The molecule has 2 heterocycles. The van der Waals surface area contributed by atoms with Gasteiger partial charge in [0, 0.05) is 25.0 Å². The molecule has 0 unspecified atom stereocenters. The number of hydrogen-bond donors (Lipinski definition) is 1. The van der Waals surface area contributed by atoms with Crippen LogP contribution in [0.4, 0.5) is 10.1 Å². The molecule has 4 rings (SSSR count). The summed E-state index contributed by atoms with van der Waals surface area (Å²) in [4.78, 5) is 19.5. The molecule has 1 fully saturated rings. The lowest BCUT2D eigenvalue weighted by Crippen LogP contribution is -2.40. The van der Waals surface area contributed by atoms with Gasteiger partial charge in [-0.25, -0.2) is 4.39 Å². The number of hydrogen-bond acceptors (Lipinski definition) is 3. The summed E-state index contributed by atoms with van der Waals surface area (Å²) < 4.78 is 13.2. The monoisotopic (exact) mass is 389 g/mol. The van der Waals surface area contributed by atoms with E-state index in [0.717, 1.165) is 55.0 Å². The normalized spacial score (nSPS) is 17.1. The van der Waals surface area contributed by atoms with Crippen LogP contribution in [0, 0.1) is 11.7 Å². The lowest BCUT2D eigenvalue weighted by atomic mass is 9.96. The molecule has 148 valence electrons. The first-order chi connectivity index (χ1) is 14.2. The first kappa shape index (κ1) is 19.3. The number of aromatic nitrogens is 1. The number of amides is 1. The van der Waals surface area contributed by atoms with E-state index in [4.69, 9.17) is 0 Å². The van der Waals surface area contributed by atoms with Crippen molar-refractivity contribution in [1.29, 1.82) is 0 Å². The highest BCUT2D eigenvalue weighted by Crippen LogP contribution is 2.24. The van der Waals surface area contributed by atoms with Gasteiger partial charge in [0.15, 0.2) is 0 Å². The Morgan fingerprint density at radius 2 is 1.93 bits per heavy atom. The molecule has 3 aromatic rings. The molecule has 1 amide bonds. The number of nitrogens with one attached hydrogen (secondary N) is 1. The van der Waals surface area contributed by atoms with E-state index in [-0.39, 0.29) is 17.6 Å². The number of pyridine rings is 1. The van der Waals surface area contributed by atoms with Crippen LogP contribution in [0.1, 0.15) is 18.5 Å². The lowest BCUT2D eigenvalue weighted by Gasteiger charge is -2.31. The van der Waals surface area contributed by atoms with Gasteiger partial charge in [0.2, 0.25) is 5.91 Å². The van der Waals surface area contributed by atoms with Crippen molar-refractivity contribution in [2.45, 2.75) is 19.4 Å². The smallest absolute Gasteiger partial charge is 0.228 e. The summed E-state index contributed by atoms with van der Waals surface area (Å²) in [6, 6.07) is 20.0. The van der Waals surface area contributed by atoms with Crippen molar-refractivity contribution in [2.75, 3.05) is 18.4 Å². The Balaban J connectivity index is 1.40. The Morgan fingerprint density at radius 1 is 1.07 bits per heavy atom. The first-order valence-electron chi connectivity index (χ1n) is 9.96. The van der Waals surface area contributed by atoms with Gasteiger partial charge >= 0.3 is 0 Å². The molecule has 1 aromatic heterocycles. The molecule has 1 atom stereocenters. The van der Waals surface area contributed by atoms with Crippen LogP contribution < -0.4 is 5.32 Å². The molecule has 0 spiro atoms. The number of nitrogens with zero attached hydrogens (tertiary/aromatic N) is 2. The topological polar surface area (TPSA) is 45.2 Å². The van der Waals surface area contributed by atoms with E-state index in [2.05, 4.69) is 15.2 Å². The van der Waals surface area contributed by atoms with E-state index < -0.39 is 0 Å². The highest BCUT2D eigenvalue weighted by Gasteiger charge is 2.26. The van der Waals surface area contributed by atoms with Crippen molar-refractivity contribution in [3.05, 3.63) is 84.4 Å². The highest BCUT2D eigenvalue weighted by molar-refractivity contribution is 5.93. The van der Waals surface area contributed by atoms with E-state index >= 15 is 0 Å². The SMILES string of the molecule is O=C(Nc1cccc(-c2ccc(F)cc2)c1)[C@H]1CCCN(Cc2ccccn2)C1. The first-order valence-corrected chi connectivity index (χ1v) is 9.96. The van der Waals surface area contributed by atoms with Crippen molar-refractivity contribution >= 4 is 11.6 Å². The number of anilines is 1. The number of benzene rings is 2. The van der Waals surface area contributed by atoms with Gasteiger partial charge in [0.1, 0.15) is 5.82 Å². The third-order valence-electron chi connectivity index (χ3n) is 5.30. The van der Waals surface area contributed by atoms with Crippen molar-refractivity contribution in [2.24, 2.45) is 5.92 Å². The Morgan fingerprint density at radius 3 is 2.72 bits per heavy atom. The van der Waals surface area contributed by atoms with Crippen molar-refractivity contribution < 1.29 is 9.18 Å². The maximum atomic E-state index is 13.2. The zero-order chi connectivity index (χ0) is 20.1. The molecule has 29 heavy (non-hydrogen) atoms. The van der Waals surface area contributed by atoms with Gasteiger partial charge in [-0.05, 0) is 66.9 Å². The second kappa shape index (κ2) is 8.97. The maximum Gasteiger partial charge on any atom is 0.228 e. The third kappa shape index (κ3) is 5.06. The summed E-state index contributed by atoms with van der Waals surface area (Å²) in [6.45, 7) is 2.49. The molecular weight excluding hydrogens is 365 g/mol.